The first-order chi connectivity index (χ1) is 7.22. The van der Waals surface area contributed by atoms with Crippen molar-refractivity contribution in [1.29, 1.82) is 0 Å². The van der Waals surface area contributed by atoms with Crippen LogP contribution in [-0.2, 0) is 0 Å². The first-order valence-corrected chi connectivity index (χ1v) is 6.53. The molecule has 15 heavy (non-hydrogen) atoms. The molecule has 0 N–H and O–H groups in total. The van der Waals surface area contributed by atoms with Gasteiger partial charge in [-0.05, 0) is 32.6 Å². The van der Waals surface area contributed by atoms with Gasteiger partial charge in [-0.1, -0.05) is 65.3 Å². The third kappa shape index (κ3) is 31.8. The third-order valence-electron chi connectivity index (χ3n) is 1.75. The average molecular weight is 212 g/mol. The Morgan fingerprint density at radius 3 is 1.33 bits per heavy atom. The normalized spacial score (nSPS) is 10.2. The minimum absolute atomic E-state index is 1.17. The highest BCUT2D eigenvalue weighted by Gasteiger charge is 1.76. The molecule has 0 aliphatic heterocycles. The molecule has 0 atom stereocenters. The van der Waals surface area contributed by atoms with Crippen molar-refractivity contribution in [2.75, 3.05) is 0 Å². The lowest BCUT2D eigenvalue weighted by Crippen LogP contribution is -1.67. The van der Waals surface area contributed by atoms with Gasteiger partial charge in [0.25, 0.3) is 0 Å². The van der Waals surface area contributed by atoms with Crippen LogP contribution in [0.25, 0.3) is 0 Å². The minimum Gasteiger partial charge on any atom is -0.0888 e. The number of hydrogen-bond donors (Lipinski definition) is 0. The smallest absolute Gasteiger partial charge is 0.0352 e. The van der Waals surface area contributed by atoms with E-state index in [-0.39, 0.29) is 0 Å². The van der Waals surface area contributed by atoms with Gasteiger partial charge in [0.05, 0.1) is 0 Å². The second-order valence-corrected chi connectivity index (χ2v) is 3.10. The summed E-state index contributed by atoms with van der Waals surface area (Å²) < 4.78 is 0. The van der Waals surface area contributed by atoms with E-state index in [9.17, 15) is 0 Å². The fraction of sp³-hybridized carbons (Fsp3) is 0.733. The first-order valence-electron chi connectivity index (χ1n) is 6.53. The van der Waals surface area contributed by atoms with E-state index < -0.39 is 0 Å². The summed E-state index contributed by atoms with van der Waals surface area (Å²) in [7, 11) is 0. The van der Waals surface area contributed by atoms with Gasteiger partial charge in [-0.25, -0.2) is 0 Å². The van der Waals surface area contributed by atoms with Crippen molar-refractivity contribution in [3.05, 3.63) is 23.8 Å². The van der Waals surface area contributed by atoms with E-state index in [1.165, 1.54) is 31.3 Å². The molecule has 0 saturated carbocycles. The summed E-state index contributed by atoms with van der Waals surface area (Å²) in [5.41, 5.74) is 1.50. The van der Waals surface area contributed by atoms with Crippen molar-refractivity contribution in [1.82, 2.24) is 0 Å². The molecule has 0 heterocycles. The van der Waals surface area contributed by atoms with E-state index in [1.807, 2.05) is 13.8 Å². The molecule has 92 valence electrons. The van der Waals surface area contributed by atoms with E-state index in [1.54, 1.807) is 0 Å². The second kappa shape index (κ2) is 23.4. The Labute approximate surface area is 98.5 Å². The highest BCUT2D eigenvalue weighted by atomic mass is 13.8. The first kappa shape index (κ1) is 20.0. The molecule has 0 aromatic carbocycles. The van der Waals surface area contributed by atoms with Crippen molar-refractivity contribution in [2.24, 2.45) is 0 Å². The standard InChI is InChI=1S/C7H14.C6H12.C2H6/c1-4-6-7(3)5-2;1-3-5-6-4-2;1-2/h6H,4-5H2,1-3H3;5-6H,3-4H2,1-2H3;1-2H3/b7-6-;6-5-;. The Morgan fingerprint density at radius 2 is 1.20 bits per heavy atom. The highest BCUT2D eigenvalue weighted by Crippen LogP contribution is 1.97. The van der Waals surface area contributed by atoms with Crippen molar-refractivity contribution in [2.45, 2.75) is 74.1 Å². The van der Waals surface area contributed by atoms with Crippen LogP contribution in [0.4, 0.5) is 0 Å². The molecule has 0 fully saturated rings. The fourth-order valence-electron chi connectivity index (χ4n) is 0.826. The number of hydrogen-bond acceptors (Lipinski definition) is 0. The molecule has 0 saturated heterocycles. The van der Waals surface area contributed by atoms with Crippen LogP contribution in [0.3, 0.4) is 0 Å². The molecule has 0 spiro atoms. The summed E-state index contributed by atoms with van der Waals surface area (Å²) in [5, 5.41) is 0. The summed E-state index contributed by atoms with van der Waals surface area (Å²) in [5.74, 6) is 0. The molecular weight excluding hydrogens is 180 g/mol. The monoisotopic (exact) mass is 212 g/mol. The van der Waals surface area contributed by atoms with Crippen molar-refractivity contribution >= 4 is 0 Å². The zero-order valence-electron chi connectivity index (χ0n) is 12.1. The topological polar surface area (TPSA) is 0 Å². The largest absolute Gasteiger partial charge is 0.0888 e. The highest BCUT2D eigenvalue weighted by molar-refractivity contribution is 4.95. The predicted molar refractivity (Wildman–Crippen MR) is 75.4 cm³/mol. The summed E-state index contributed by atoms with van der Waals surface area (Å²) in [6, 6.07) is 0. The van der Waals surface area contributed by atoms with E-state index in [2.05, 4.69) is 52.8 Å². The molecule has 0 radical (unpaired) electrons. The summed E-state index contributed by atoms with van der Waals surface area (Å²) in [6.45, 7) is 14.8. The van der Waals surface area contributed by atoms with Crippen LogP contribution in [0.15, 0.2) is 23.8 Å². The predicted octanol–water partition coefficient (Wildman–Crippen LogP) is 6.14. The Hall–Kier alpha value is -0.520. The average Bonchev–Trinajstić information content (AvgIpc) is 2.30. The lowest BCUT2D eigenvalue weighted by molar-refractivity contribution is 1.06. The van der Waals surface area contributed by atoms with Gasteiger partial charge in [0.15, 0.2) is 0 Å². The molecular formula is C15H32. The minimum atomic E-state index is 1.17. The molecule has 0 aliphatic carbocycles. The van der Waals surface area contributed by atoms with Gasteiger partial charge in [-0.15, -0.1) is 0 Å². The van der Waals surface area contributed by atoms with Gasteiger partial charge in [0.2, 0.25) is 0 Å². The van der Waals surface area contributed by atoms with Gasteiger partial charge in [-0.2, -0.15) is 0 Å². The molecule has 0 aromatic rings. The van der Waals surface area contributed by atoms with Crippen LogP contribution in [0.2, 0.25) is 0 Å². The maximum absolute atomic E-state index is 2.26. The van der Waals surface area contributed by atoms with E-state index >= 15 is 0 Å². The SMILES string of the molecule is CC.CC/C=C(/C)CC.CC/C=C\CC. The van der Waals surface area contributed by atoms with E-state index in [4.69, 9.17) is 0 Å². The van der Waals surface area contributed by atoms with Gasteiger partial charge in [0, 0.05) is 0 Å². The molecule has 0 bridgehead atoms. The summed E-state index contributed by atoms with van der Waals surface area (Å²) in [4.78, 5) is 0. The molecule has 0 amide bonds. The van der Waals surface area contributed by atoms with Gasteiger partial charge < -0.3 is 0 Å². The third-order valence-corrected chi connectivity index (χ3v) is 1.75. The molecule has 0 nitrogen and oxygen atoms in total. The summed E-state index contributed by atoms with van der Waals surface area (Å²) in [6.07, 6.45) is 11.4. The Kier molecular flexibility index (Phi) is 31.1. The van der Waals surface area contributed by atoms with Crippen LogP contribution in [0, 0.1) is 0 Å². The lowest BCUT2D eigenvalue weighted by Gasteiger charge is -1.88. The Bertz CT molecular complexity index is 123. The lowest BCUT2D eigenvalue weighted by atomic mass is 10.2. The van der Waals surface area contributed by atoms with E-state index in [0.717, 1.165) is 0 Å². The molecule has 0 rings (SSSR count). The fourth-order valence-corrected chi connectivity index (χ4v) is 0.826. The molecule has 0 heteroatoms. The maximum Gasteiger partial charge on any atom is -0.0352 e. The summed E-state index contributed by atoms with van der Waals surface area (Å²) >= 11 is 0. The van der Waals surface area contributed by atoms with Crippen molar-refractivity contribution in [3.63, 3.8) is 0 Å². The van der Waals surface area contributed by atoms with Crippen molar-refractivity contribution < 1.29 is 0 Å². The van der Waals surface area contributed by atoms with E-state index in [0.29, 0.717) is 0 Å². The van der Waals surface area contributed by atoms with Gasteiger partial charge in [0.1, 0.15) is 0 Å². The van der Waals surface area contributed by atoms with Crippen LogP contribution in [-0.4, -0.2) is 0 Å². The second-order valence-electron chi connectivity index (χ2n) is 3.10. The quantitative estimate of drug-likeness (QED) is 0.491. The van der Waals surface area contributed by atoms with Gasteiger partial charge >= 0.3 is 0 Å². The Balaban J connectivity index is -0.000000166. The van der Waals surface area contributed by atoms with Crippen LogP contribution in [0.5, 0.6) is 0 Å². The van der Waals surface area contributed by atoms with Gasteiger partial charge in [-0.3, -0.25) is 0 Å². The Morgan fingerprint density at radius 1 is 0.800 bits per heavy atom. The van der Waals surface area contributed by atoms with Crippen LogP contribution < -0.4 is 0 Å². The molecule has 0 unspecified atom stereocenters. The molecule has 0 aromatic heterocycles. The van der Waals surface area contributed by atoms with Crippen LogP contribution >= 0.6 is 0 Å². The molecule has 0 aliphatic rings. The van der Waals surface area contributed by atoms with Crippen LogP contribution in [0.1, 0.15) is 74.1 Å². The zero-order chi connectivity index (χ0) is 12.5. The maximum atomic E-state index is 2.26. The van der Waals surface area contributed by atoms with Crippen molar-refractivity contribution in [3.8, 4) is 0 Å². The zero-order valence-corrected chi connectivity index (χ0v) is 12.1. The number of rotatable bonds is 4. The number of allylic oxidation sites excluding steroid dienone is 4.